The average Bonchev–Trinajstić information content (AvgIpc) is 2.00. The third-order valence-electron chi connectivity index (χ3n) is 1.90. The van der Waals surface area contributed by atoms with Gasteiger partial charge in [0.15, 0.2) is 0 Å². The number of rotatable bonds is 6. The van der Waals surface area contributed by atoms with Crippen LogP contribution in [0.2, 0.25) is 0 Å². The molecule has 0 radical (unpaired) electrons. The monoisotopic (exact) mass is 161 g/mol. The fourth-order valence-corrected chi connectivity index (χ4v) is 0.951. The zero-order chi connectivity index (χ0) is 8.69. The quantitative estimate of drug-likeness (QED) is 0.591. The molecule has 2 atom stereocenters. The molecule has 0 aliphatic heterocycles. The minimum absolute atomic E-state index is 0.268. The Kier molecular flexibility index (Phi) is 6.51. The highest BCUT2D eigenvalue weighted by molar-refractivity contribution is 4.64. The molecule has 0 saturated carbocycles. The summed E-state index contributed by atoms with van der Waals surface area (Å²) in [6.07, 6.45) is 1.32. The van der Waals surface area contributed by atoms with Crippen LogP contribution in [0.4, 0.5) is 0 Å². The number of aliphatic hydroxyl groups is 1. The Labute approximate surface area is 68.5 Å². The van der Waals surface area contributed by atoms with Crippen LogP contribution in [0.25, 0.3) is 0 Å². The Morgan fingerprint density at radius 3 is 2.55 bits per heavy atom. The smallest absolute Gasteiger partial charge is 0.0578 e. The molecule has 0 bridgehead atoms. The Morgan fingerprint density at radius 2 is 2.09 bits per heavy atom. The molecule has 11 heavy (non-hydrogen) atoms. The molecule has 0 aromatic carbocycles. The van der Waals surface area contributed by atoms with Crippen LogP contribution in [0, 0.1) is 5.92 Å². The largest absolute Gasteiger partial charge is 0.393 e. The van der Waals surface area contributed by atoms with E-state index in [9.17, 15) is 5.11 Å². The second kappa shape index (κ2) is 6.58. The summed E-state index contributed by atoms with van der Waals surface area (Å²) >= 11 is 0. The SMILES string of the molecule is COCCC(C)C(O)CCN. The van der Waals surface area contributed by atoms with Crippen molar-refractivity contribution in [1.29, 1.82) is 0 Å². The first-order valence-electron chi connectivity index (χ1n) is 4.09. The summed E-state index contributed by atoms with van der Waals surface area (Å²) in [5, 5.41) is 9.41. The van der Waals surface area contributed by atoms with E-state index in [1.165, 1.54) is 0 Å². The number of nitrogens with two attached hydrogens (primary N) is 1. The van der Waals surface area contributed by atoms with E-state index < -0.39 is 0 Å². The Hall–Kier alpha value is -0.120. The summed E-state index contributed by atoms with van der Waals surface area (Å²) in [6, 6.07) is 0. The second-order valence-corrected chi connectivity index (χ2v) is 2.90. The summed E-state index contributed by atoms with van der Waals surface area (Å²) in [5.41, 5.74) is 5.30. The molecule has 0 aliphatic rings. The van der Waals surface area contributed by atoms with Crippen LogP contribution in [0.5, 0.6) is 0 Å². The van der Waals surface area contributed by atoms with Crippen LogP contribution >= 0.6 is 0 Å². The number of ether oxygens (including phenoxy) is 1. The van der Waals surface area contributed by atoms with Gasteiger partial charge in [-0.2, -0.15) is 0 Å². The molecular weight excluding hydrogens is 142 g/mol. The van der Waals surface area contributed by atoms with Crippen molar-refractivity contribution in [1.82, 2.24) is 0 Å². The fourth-order valence-electron chi connectivity index (χ4n) is 0.951. The molecule has 0 rings (SSSR count). The van der Waals surface area contributed by atoms with Crippen molar-refractivity contribution in [2.45, 2.75) is 25.9 Å². The van der Waals surface area contributed by atoms with Gasteiger partial charge in [-0.1, -0.05) is 6.92 Å². The number of hydrogen-bond acceptors (Lipinski definition) is 3. The predicted octanol–water partition coefficient (Wildman–Crippen LogP) is 0.369. The van der Waals surface area contributed by atoms with E-state index >= 15 is 0 Å². The van der Waals surface area contributed by atoms with Crippen LogP contribution in [0.1, 0.15) is 19.8 Å². The van der Waals surface area contributed by atoms with E-state index in [1.54, 1.807) is 7.11 Å². The Morgan fingerprint density at radius 1 is 1.45 bits per heavy atom. The van der Waals surface area contributed by atoms with Crippen molar-refractivity contribution in [2.24, 2.45) is 11.7 Å². The molecule has 68 valence electrons. The van der Waals surface area contributed by atoms with Gasteiger partial charge >= 0.3 is 0 Å². The van der Waals surface area contributed by atoms with Gasteiger partial charge in [0, 0.05) is 13.7 Å². The van der Waals surface area contributed by atoms with Gasteiger partial charge in [-0.3, -0.25) is 0 Å². The molecule has 2 unspecified atom stereocenters. The lowest BCUT2D eigenvalue weighted by Crippen LogP contribution is -2.22. The fraction of sp³-hybridized carbons (Fsp3) is 1.00. The molecule has 0 spiro atoms. The minimum atomic E-state index is -0.268. The molecule has 3 nitrogen and oxygen atoms in total. The van der Waals surface area contributed by atoms with Crippen molar-refractivity contribution >= 4 is 0 Å². The van der Waals surface area contributed by atoms with Crippen LogP contribution in [0.3, 0.4) is 0 Å². The van der Waals surface area contributed by atoms with Crippen molar-refractivity contribution in [3.05, 3.63) is 0 Å². The molecule has 0 aromatic heterocycles. The first-order chi connectivity index (χ1) is 5.22. The van der Waals surface area contributed by atoms with Crippen molar-refractivity contribution < 1.29 is 9.84 Å². The third kappa shape index (κ3) is 5.18. The summed E-state index contributed by atoms with van der Waals surface area (Å²) in [4.78, 5) is 0. The molecule has 0 amide bonds. The highest BCUT2D eigenvalue weighted by Crippen LogP contribution is 2.10. The van der Waals surface area contributed by atoms with Crippen molar-refractivity contribution in [2.75, 3.05) is 20.3 Å². The molecule has 0 saturated heterocycles. The van der Waals surface area contributed by atoms with Gasteiger partial charge in [-0.15, -0.1) is 0 Å². The average molecular weight is 161 g/mol. The van der Waals surface area contributed by atoms with Gasteiger partial charge in [-0.05, 0) is 25.3 Å². The summed E-state index contributed by atoms with van der Waals surface area (Å²) in [5.74, 6) is 0.290. The maximum atomic E-state index is 9.41. The van der Waals surface area contributed by atoms with Crippen LogP contribution in [0.15, 0.2) is 0 Å². The van der Waals surface area contributed by atoms with Gasteiger partial charge < -0.3 is 15.6 Å². The highest BCUT2D eigenvalue weighted by Gasteiger charge is 2.12. The first kappa shape index (κ1) is 10.9. The van der Waals surface area contributed by atoms with E-state index in [4.69, 9.17) is 10.5 Å². The third-order valence-corrected chi connectivity index (χ3v) is 1.90. The Bertz CT molecular complexity index is 88.2. The molecule has 0 aliphatic carbocycles. The topological polar surface area (TPSA) is 55.5 Å². The van der Waals surface area contributed by atoms with Crippen LogP contribution in [-0.4, -0.2) is 31.5 Å². The van der Waals surface area contributed by atoms with Gasteiger partial charge in [0.05, 0.1) is 6.10 Å². The number of hydrogen-bond donors (Lipinski definition) is 2. The lowest BCUT2D eigenvalue weighted by Gasteiger charge is -2.17. The lowest BCUT2D eigenvalue weighted by atomic mass is 9.99. The second-order valence-electron chi connectivity index (χ2n) is 2.90. The van der Waals surface area contributed by atoms with E-state index in [0.29, 0.717) is 25.5 Å². The molecule has 0 aromatic rings. The molecule has 3 N–H and O–H groups in total. The highest BCUT2D eigenvalue weighted by atomic mass is 16.5. The molecule has 3 heteroatoms. The maximum Gasteiger partial charge on any atom is 0.0578 e. The van der Waals surface area contributed by atoms with Gasteiger partial charge in [-0.25, -0.2) is 0 Å². The number of aliphatic hydroxyl groups excluding tert-OH is 1. The molecule has 0 heterocycles. The van der Waals surface area contributed by atoms with Crippen molar-refractivity contribution in [3.63, 3.8) is 0 Å². The molecule has 0 fully saturated rings. The lowest BCUT2D eigenvalue weighted by molar-refractivity contribution is 0.0838. The standard InChI is InChI=1S/C8H19NO2/c1-7(4-6-11-2)8(10)3-5-9/h7-8,10H,3-6,9H2,1-2H3. The van der Waals surface area contributed by atoms with Crippen molar-refractivity contribution in [3.8, 4) is 0 Å². The van der Waals surface area contributed by atoms with Crippen LogP contribution < -0.4 is 5.73 Å². The summed E-state index contributed by atoms with van der Waals surface area (Å²) < 4.78 is 4.90. The summed E-state index contributed by atoms with van der Waals surface area (Å²) in [6.45, 7) is 3.28. The maximum absolute atomic E-state index is 9.41. The van der Waals surface area contributed by atoms with E-state index in [1.807, 2.05) is 6.92 Å². The van der Waals surface area contributed by atoms with E-state index in [-0.39, 0.29) is 6.10 Å². The zero-order valence-electron chi connectivity index (χ0n) is 7.42. The predicted molar refractivity (Wildman–Crippen MR) is 45.3 cm³/mol. The first-order valence-corrected chi connectivity index (χ1v) is 4.09. The van der Waals surface area contributed by atoms with Gasteiger partial charge in [0.2, 0.25) is 0 Å². The van der Waals surface area contributed by atoms with E-state index in [0.717, 1.165) is 6.42 Å². The van der Waals surface area contributed by atoms with Gasteiger partial charge in [0.25, 0.3) is 0 Å². The zero-order valence-corrected chi connectivity index (χ0v) is 7.42. The van der Waals surface area contributed by atoms with Crippen LogP contribution in [-0.2, 0) is 4.74 Å². The van der Waals surface area contributed by atoms with E-state index in [2.05, 4.69) is 0 Å². The minimum Gasteiger partial charge on any atom is -0.393 e. The summed E-state index contributed by atoms with van der Waals surface area (Å²) in [7, 11) is 1.67. The normalized spacial score (nSPS) is 16.4. The molecular formula is C8H19NO2. The van der Waals surface area contributed by atoms with Gasteiger partial charge in [0.1, 0.15) is 0 Å². The number of methoxy groups -OCH3 is 1. The Balaban J connectivity index is 3.38.